The molecule has 3 heteroatoms. The van der Waals surface area contributed by atoms with Crippen LogP contribution in [0.3, 0.4) is 0 Å². The highest BCUT2D eigenvalue weighted by atomic mass is 79.9. The highest BCUT2D eigenvalue weighted by Gasteiger charge is 2.16. The second-order valence-electron chi connectivity index (χ2n) is 4.30. The highest BCUT2D eigenvalue weighted by molar-refractivity contribution is 9.10. The summed E-state index contributed by atoms with van der Waals surface area (Å²) in [5.41, 5.74) is 3.51. The van der Waals surface area contributed by atoms with Crippen molar-refractivity contribution in [1.82, 2.24) is 0 Å². The number of benzene rings is 2. The fourth-order valence-electron chi connectivity index (χ4n) is 2.11. The van der Waals surface area contributed by atoms with E-state index in [0.717, 1.165) is 27.8 Å². The summed E-state index contributed by atoms with van der Waals surface area (Å²) in [7, 11) is 1.66. The van der Waals surface area contributed by atoms with Gasteiger partial charge in [0.2, 0.25) is 0 Å². The van der Waals surface area contributed by atoms with E-state index in [0.29, 0.717) is 0 Å². The van der Waals surface area contributed by atoms with Crippen LogP contribution in [0, 0.1) is 0 Å². The van der Waals surface area contributed by atoms with Crippen molar-refractivity contribution in [3.05, 3.63) is 63.6 Å². The average Bonchev–Trinajstić information content (AvgIpc) is 2.46. The summed E-state index contributed by atoms with van der Waals surface area (Å²) < 4.78 is 6.18. The quantitative estimate of drug-likeness (QED) is 0.682. The van der Waals surface area contributed by atoms with Crippen LogP contribution in [0.1, 0.15) is 29.0 Å². The Labute approximate surface area is 127 Å². The predicted molar refractivity (Wildman–Crippen MR) is 84.2 cm³/mol. The molecule has 0 bridgehead atoms. The minimum atomic E-state index is -0.156. The summed E-state index contributed by atoms with van der Waals surface area (Å²) >= 11 is 10.2. The van der Waals surface area contributed by atoms with Crippen LogP contribution in [-0.4, -0.2) is 7.11 Å². The SMILES string of the molecule is CCc1ccccc1C(Cl)c1ccc(OC)cc1Br. The zero-order valence-electron chi connectivity index (χ0n) is 11.0. The van der Waals surface area contributed by atoms with Crippen LogP contribution in [-0.2, 0) is 6.42 Å². The van der Waals surface area contributed by atoms with Crippen LogP contribution in [0.5, 0.6) is 5.75 Å². The topological polar surface area (TPSA) is 9.23 Å². The third-order valence-corrected chi connectivity index (χ3v) is 4.35. The molecule has 100 valence electrons. The van der Waals surface area contributed by atoms with Gasteiger partial charge >= 0.3 is 0 Å². The Kier molecular flexibility index (Phi) is 4.89. The maximum atomic E-state index is 6.65. The van der Waals surface area contributed by atoms with Crippen LogP contribution < -0.4 is 4.74 Å². The summed E-state index contributed by atoms with van der Waals surface area (Å²) in [6.07, 6.45) is 0.979. The molecule has 0 amide bonds. The van der Waals surface area contributed by atoms with Crippen molar-refractivity contribution in [1.29, 1.82) is 0 Å². The van der Waals surface area contributed by atoms with Gasteiger partial charge in [-0.25, -0.2) is 0 Å². The fourth-order valence-corrected chi connectivity index (χ4v) is 3.23. The smallest absolute Gasteiger partial charge is 0.120 e. The van der Waals surface area contributed by atoms with Gasteiger partial charge in [0.15, 0.2) is 0 Å². The van der Waals surface area contributed by atoms with Crippen molar-refractivity contribution < 1.29 is 4.74 Å². The van der Waals surface area contributed by atoms with Gasteiger partial charge in [0.25, 0.3) is 0 Å². The number of halogens is 2. The molecule has 0 N–H and O–H groups in total. The number of alkyl halides is 1. The number of ether oxygens (including phenoxy) is 1. The van der Waals surface area contributed by atoms with Gasteiger partial charge in [-0.05, 0) is 35.2 Å². The molecule has 1 nitrogen and oxygen atoms in total. The lowest BCUT2D eigenvalue weighted by molar-refractivity contribution is 0.414. The second kappa shape index (κ2) is 6.44. The minimum absolute atomic E-state index is 0.156. The molecular formula is C16H16BrClO. The molecule has 0 spiro atoms. The molecule has 0 saturated carbocycles. The average molecular weight is 340 g/mol. The summed E-state index contributed by atoms with van der Waals surface area (Å²) in [4.78, 5) is 0. The summed E-state index contributed by atoms with van der Waals surface area (Å²) in [6.45, 7) is 2.14. The number of methoxy groups -OCH3 is 1. The van der Waals surface area contributed by atoms with E-state index in [4.69, 9.17) is 16.3 Å². The minimum Gasteiger partial charge on any atom is -0.497 e. The molecule has 0 saturated heterocycles. The number of hydrogen-bond acceptors (Lipinski definition) is 1. The van der Waals surface area contributed by atoms with Crippen molar-refractivity contribution in [2.75, 3.05) is 7.11 Å². The summed E-state index contributed by atoms with van der Waals surface area (Å²) in [5.74, 6) is 0.822. The zero-order valence-corrected chi connectivity index (χ0v) is 13.3. The Morgan fingerprint density at radius 3 is 2.53 bits per heavy atom. The van der Waals surface area contributed by atoms with Crippen LogP contribution >= 0.6 is 27.5 Å². The molecule has 1 atom stereocenters. The lowest BCUT2D eigenvalue weighted by Gasteiger charge is -2.16. The molecule has 0 aliphatic rings. The molecule has 0 aliphatic carbocycles. The van der Waals surface area contributed by atoms with Gasteiger partial charge in [-0.3, -0.25) is 0 Å². The Hall–Kier alpha value is -0.990. The first-order chi connectivity index (χ1) is 9.17. The number of hydrogen-bond donors (Lipinski definition) is 0. The predicted octanol–water partition coefficient (Wildman–Crippen LogP) is 5.35. The molecule has 1 unspecified atom stereocenters. The van der Waals surface area contributed by atoms with Gasteiger partial charge in [0, 0.05) is 4.47 Å². The van der Waals surface area contributed by atoms with E-state index in [-0.39, 0.29) is 5.38 Å². The van der Waals surface area contributed by atoms with Crippen LogP contribution in [0.15, 0.2) is 46.9 Å². The Morgan fingerprint density at radius 1 is 1.16 bits per heavy atom. The van der Waals surface area contributed by atoms with E-state index in [1.807, 2.05) is 24.3 Å². The lowest BCUT2D eigenvalue weighted by atomic mass is 9.98. The summed E-state index contributed by atoms with van der Waals surface area (Å²) in [6, 6.07) is 14.2. The molecular weight excluding hydrogens is 324 g/mol. The number of aryl methyl sites for hydroxylation is 1. The molecule has 0 aliphatic heterocycles. The first-order valence-electron chi connectivity index (χ1n) is 6.22. The first kappa shape index (κ1) is 14.4. The zero-order chi connectivity index (χ0) is 13.8. The Balaban J connectivity index is 2.41. The van der Waals surface area contributed by atoms with Crippen molar-refractivity contribution in [2.24, 2.45) is 0 Å². The van der Waals surface area contributed by atoms with Crippen LogP contribution in [0.25, 0.3) is 0 Å². The maximum absolute atomic E-state index is 6.65. The molecule has 19 heavy (non-hydrogen) atoms. The van der Waals surface area contributed by atoms with E-state index in [2.05, 4.69) is 41.1 Å². The Bertz CT molecular complexity index is 568. The van der Waals surface area contributed by atoms with E-state index in [1.54, 1.807) is 7.11 Å². The molecule has 2 aromatic carbocycles. The van der Waals surface area contributed by atoms with Gasteiger partial charge < -0.3 is 4.74 Å². The first-order valence-corrected chi connectivity index (χ1v) is 7.45. The van der Waals surface area contributed by atoms with Crippen LogP contribution in [0.4, 0.5) is 0 Å². The van der Waals surface area contributed by atoms with Gasteiger partial charge in [-0.15, -0.1) is 11.6 Å². The van der Waals surface area contributed by atoms with E-state index >= 15 is 0 Å². The van der Waals surface area contributed by atoms with E-state index in [9.17, 15) is 0 Å². The lowest BCUT2D eigenvalue weighted by Crippen LogP contribution is -1.99. The van der Waals surface area contributed by atoms with Crippen molar-refractivity contribution in [2.45, 2.75) is 18.7 Å². The van der Waals surface area contributed by atoms with E-state index in [1.165, 1.54) is 5.56 Å². The molecule has 0 aromatic heterocycles. The molecule has 0 radical (unpaired) electrons. The standard InChI is InChI=1S/C16H16BrClO/c1-3-11-6-4-5-7-13(11)16(18)14-9-8-12(19-2)10-15(14)17/h4-10,16H,3H2,1-2H3. The van der Waals surface area contributed by atoms with Crippen molar-refractivity contribution in [3.63, 3.8) is 0 Å². The normalized spacial score (nSPS) is 12.2. The molecule has 0 fully saturated rings. The van der Waals surface area contributed by atoms with Gasteiger partial charge in [0.05, 0.1) is 12.5 Å². The van der Waals surface area contributed by atoms with Crippen LogP contribution in [0.2, 0.25) is 0 Å². The molecule has 2 rings (SSSR count). The fraction of sp³-hybridized carbons (Fsp3) is 0.250. The summed E-state index contributed by atoms with van der Waals surface area (Å²) in [5, 5.41) is -0.156. The number of rotatable bonds is 4. The molecule has 0 heterocycles. The second-order valence-corrected chi connectivity index (χ2v) is 5.59. The largest absolute Gasteiger partial charge is 0.497 e. The van der Waals surface area contributed by atoms with Crippen molar-refractivity contribution >= 4 is 27.5 Å². The van der Waals surface area contributed by atoms with Gasteiger partial charge in [0.1, 0.15) is 5.75 Å². The maximum Gasteiger partial charge on any atom is 0.120 e. The highest BCUT2D eigenvalue weighted by Crippen LogP contribution is 2.37. The van der Waals surface area contributed by atoms with Gasteiger partial charge in [-0.1, -0.05) is 53.2 Å². The molecule has 2 aromatic rings. The monoisotopic (exact) mass is 338 g/mol. The Morgan fingerprint density at radius 2 is 1.89 bits per heavy atom. The third-order valence-electron chi connectivity index (χ3n) is 3.19. The van der Waals surface area contributed by atoms with Gasteiger partial charge in [-0.2, -0.15) is 0 Å². The van der Waals surface area contributed by atoms with Crippen molar-refractivity contribution in [3.8, 4) is 5.75 Å². The van der Waals surface area contributed by atoms with E-state index < -0.39 is 0 Å². The third kappa shape index (κ3) is 3.13.